The van der Waals surface area contributed by atoms with Crippen molar-refractivity contribution in [1.29, 1.82) is 0 Å². The number of para-hydroxylation sites is 1. The number of likely N-dealkylation sites (N-methyl/N-ethyl adjacent to an activating group) is 1. The van der Waals surface area contributed by atoms with E-state index in [1.54, 1.807) is 11.9 Å². The summed E-state index contributed by atoms with van der Waals surface area (Å²) in [4.78, 5) is 14.0. The van der Waals surface area contributed by atoms with Crippen molar-refractivity contribution in [2.24, 2.45) is 0 Å². The zero-order valence-electron chi connectivity index (χ0n) is 13.9. The molecule has 1 heterocycles. The summed E-state index contributed by atoms with van der Waals surface area (Å²) < 4.78 is 30.5. The largest absolute Gasteiger partial charge is 0.491 e. The number of sulfonamides is 1. The van der Waals surface area contributed by atoms with Gasteiger partial charge in [-0.3, -0.25) is 4.79 Å². The first-order chi connectivity index (χ1) is 10.8. The van der Waals surface area contributed by atoms with Gasteiger partial charge in [0.15, 0.2) is 0 Å². The molecule has 6 nitrogen and oxygen atoms in total. The van der Waals surface area contributed by atoms with Crippen LogP contribution in [0.2, 0.25) is 0 Å². The van der Waals surface area contributed by atoms with Crippen molar-refractivity contribution in [3.8, 4) is 5.75 Å². The third-order valence-corrected chi connectivity index (χ3v) is 5.36. The van der Waals surface area contributed by atoms with Gasteiger partial charge in [-0.2, -0.15) is 4.31 Å². The molecule has 2 rings (SSSR count). The number of aryl methyl sites for hydroxylation is 1. The van der Waals surface area contributed by atoms with E-state index in [4.69, 9.17) is 4.74 Å². The number of benzene rings is 1. The first kappa shape index (κ1) is 17.7. The number of amides is 1. The third-order valence-electron chi connectivity index (χ3n) is 4.07. The number of nitrogens with zero attached hydrogens (tertiary/aromatic N) is 2. The Hall–Kier alpha value is -1.60. The zero-order chi connectivity index (χ0) is 17.0. The lowest BCUT2D eigenvalue weighted by molar-refractivity contribution is -0.133. The SMILES string of the molecule is Cc1ccccc1OCCN(C)C(=O)C1CCCN1S(C)(=O)=O. The average Bonchev–Trinajstić information content (AvgIpc) is 2.98. The normalized spacial score (nSPS) is 18.8. The molecule has 0 bridgehead atoms. The highest BCUT2D eigenvalue weighted by molar-refractivity contribution is 7.88. The molecule has 1 atom stereocenters. The Morgan fingerprint density at radius 2 is 2.09 bits per heavy atom. The van der Waals surface area contributed by atoms with Gasteiger partial charge < -0.3 is 9.64 Å². The van der Waals surface area contributed by atoms with E-state index in [9.17, 15) is 13.2 Å². The van der Waals surface area contributed by atoms with Gasteiger partial charge in [-0.25, -0.2) is 8.42 Å². The van der Waals surface area contributed by atoms with Gasteiger partial charge in [-0.15, -0.1) is 0 Å². The van der Waals surface area contributed by atoms with Crippen LogP contribution in [0.1, 0.15) is 18.4 Å². The topological polar surface area (TPSA) is 66.9 Å². The fourth-order valence-corrected chi connectivity index (χ4v) is 3.88. The molecule has 0 saturated carbocycles. The molecular formula is C16H24N2O4S. The van der Waals surface area contributed by atoms with Gasteiger partial charge in [-0.05, 0) is 31.4 Å². The summed E-state index contributed by atoms with van der Waals surface area (Å²) in [5.41, 5.74) is 1.04. The second-order valence-electron chi connectivity index (χ2n) is 5.91. The number of ether oxygens (including phenoxy) is 1. The van der Waals surface area contributed by atoms with Crippen molar-refractivity contribution < 1.29 is 17.9 Å². The smallest absolute Gasteiger partial charge is 0.240 e. The van der Waals surface area contributed by atoms with Crippen molar-refractivity contribution in [3.63, 3.8) is 0 Å². The van der Waals surface area contributed by atoms with Gasteiger partial charge in [0.25, 0.3) is 0 Å². The maximum Gasteiger partial charge on any atom is 0.240 e. The van der Waals surface area contributed by atoms with E-state index in [-0.39, 0.29) is 5.91 Å². The quantitative estimate of drug-likeness (QED) is 0.782. The van der Waals surface area contributed by atoms with Crippen LogP contribution in [0.3, 0.4) is 0 Å². The predicted octanol–water partition coefficient (Wildman–Crippen LogP) is 1.26. The standard InChI is InChI=1S/C16H24N2O4S/c1-13-7-4-5-9-15(13)22-12-11-17(2)16(19)14-8-6-10-18(14)23(3,20)21/h4-5,7,9,14H,6,8,10-12H2,1-3H3. The predicted molar refractivity (Wildman–Crippen MR) is 88.9 cm³/mol. The van der Waals surface area contributed by atoms with Gasteiger partial charge >= 0.3 is 0 Å². The molecule has 1 aromatic carbocycles. The van der Waals surface area contributed by atoms with Gasteiger partial charge in [0.1, 0.15) is 18.4 Å². The second-order valence-corrected chi connectivity index (χ2v) is 7.84. The van der Waals surface area contributed by atoms with Crippen LogP contribution in [0, 0.1) is 6.92 Å². The minimum absolute atomic E-state index is 0.165. The van der Waals surface area contributed by atoms with Crippen LogP contribution < -0.4 is 4.74 Å². The number of carbonyl (C=O) groups is 1. The van der Waals surface area contributed by atoms with Gasteiger partial charge in [-0.1, -0.05) is 18.2 Å². The van der Waals surface area contributed by atoms with Crippen LogP contribution in [0.5, 0.6) is 5.75 Å². The molecule has 1 saturated heterocycles. The van der Waals surface area contributed by atoms with E-state index < -0.39 is 16.1 Å². The Morgan fingerprint density at radius 1 is 1.39 bits per heavy atom. The molecule has 0 radical (unpaired) electrons. The Bertz CT molecular complexity index is 660. The van der Waals surface area contributed by atoms with Crippen LogP contribution in [0.4, 0.5) is 0 Å². The van der Waals surface area contributed by atoms with Crippen LogP contribution in [0.15, 0.2) is 24.3 Å². The maximum atomic E-state index is 12.5. The molecular weight excluding hydrogens is 316 g/mol. The maximum absolute atomic E-state index is 12.5. The molecule has 0 aromatic heterocycles. The minimum Gasteiger partial charge on any atom is -0.491 e. The number of hydrogen-bond acceptors (Lipinski definition) is 4. The Balaban J connectivity index is 1.89. The highest BCUT2D eigenvalue weighted by atomic mass is 32.2. The molecule has 1 aliphatic rings. The average molecular weight is 340 g/mol. The van der Waals surface area contributed by atoms with Crippen LogP contribution >= 0.6 is 0 Å². The summed E-state index contributed by atoms with van der Waals surface area (Å²) in [6.07, 6.45) is 2.45. The van der Waals surface area contributed by atoms with Crippen molar-refractivity contribution in [3.05, 3.63) is 29.8 Å². The van der Waals surface area contributed by atoms with Gasteiger partial charge in [0.05, 0.1) is 12.8 Å². The molecule has 0 spiro atoms. The van der Waals surface area contributed by atoms with Gasteiger partial charge in [0, 0.05) is 13.6 Å². The molecule has 128 valence electrons. The summed E-state index contributed by atoms with van der Waals surface area (Å²) >= 11 is 0. The highest BCUT2D eigenvalue weighted by Crippen LogP contribution is 2.22. The summed E-state index contributed by atoms with van der Waals surface area (Å²) in [5, 5.41) is 0. The summed E-state index contributed by atoms with van der Waals surface area (Å²) in [6, 6.07) is 7.12. The molecule has 23 heavy (non-hydrogen) atoms. The number of carbonyl (C=O) groups excluding carboxylic acids is 1. The van der Waals surface area contributed by atoms with Crippen molar-refractivity contribution in [2.75, 3.05) is 33.0 Å². The molecule has 0 aliphatic carbocycles. The van der Waals surface area contributed by atoms with E-state index in [0.717, 1.165) is 24.0 Å². The van der Waals surface area contributed by atoms with E-state index in [2.05, 4.69) is 0 Å². The fraction of sp³-hybridized carbons (Fsp3) is 0.562. The van der Waals surface area contributed by atoms with Crippen molar-refractivity contribution in [2.45, 2.75) is 25.8 Å². The molecule has 1 aliphatic heterocycles. The minimum atomic E-state index is -3.34. The Labute approximate surface area is 138 Å². The summed E-state index contributed by atoms with van der Waals surface area (Å²) in [6.45, 7) is 3.18. The lowest BCUT2D eigenvalue weighted by Gasteiger charge is -2.26. The molecule has 0 N–H and O–H groups in total. The zero-order valence-corrected chi connectivity index (χ0v) is 14.7. The van der Waals surface area contributed by atoms with Gasteiger partial charge in [0.2, 0.25) is 15.9 Å². The first-order valence-electron chi connectivity index (χ1n) is 7.71. The molecule has 7 heteroatoms. The monoisotopic (exact) mass is 340 g/mol. The second kappa shape index (κ2) is 7.31. The van der Waals surface area contributed by atoms with E-state index in [1.165, 1.54) is 4.31 Å². The highest BCUT2D eigenvalue weighted by Gasteiger charge is 2.37. The Morgan fingerprint density at radius 3 is 2.74 bits per heavy atom. The molecule has 1 amide bonds. The van der Waals surface area contributed by atoms with E-state index >= 15 is 0 Å². The fourth-order valence-electron chi connectivity index (χ4n) is 2.76. The van der Waals surface area contributed by atoms with E-state index in [0.29, 0.717) is 26.1 Å². The summed E-state index contributed by atoms with van der Waals surface area (Å²) in [7, 11) is -1.66. The van der Waals surface area contributed by atoms with Crippen molar-refractivity contribution >= 4 is 15.9 Å². The lowest BCUT2D eigenvalue weighted by Crippen LogP contribution is -2.47. The van der Waals surface area contributed by atoms with Crippen molar-refractivity contribution in [1.82, 2.24) is 9.21 Å². The Kier molecular flexibility index (Phi) is 5.64. The lowest BCUT2D eigenvalue weighted by atomic mass is 10.2. The third kappa shape index (κ3) is 4.45. The first-order valence-corrected chi connectivity index (χ1v) is 9.56. The summed E-state index contributed by atoms with van der Waals surface area (Å²) in [5.74, 6) is 0.633. The van der Waals surface area contributed by atoms with E-state index in [1.807, 2.05) is 31.2 Å². The molecule has 1 fully saturated rings. The number of hydrogen-bond donors (Lipinski definition) is 0. The van der Waals surface area contributed by atoms with Crippen LogP contribution in [0.25, 0.3) is 0 Å². The molecule has 1 aromatic rings. The van der Waals surface area contributed by atoms with Crippen LogP contribution in [-0.4, -0.2) is 62.6 Å². The number of rotatable bonds is 6. The van der Waals surface area contributed by atoms with Crippen LogP contribution in [-0.2, 0) is 14.8 Å². The molecule has 1 unspecified atom stereocenters.